The predicted octanol–water partition coefficient (Wildman–Crippen LogP) is 1.65. The van der Waals surface area contributed by atoms with Gasteiger partial charge in [0, 0.05) is 12.8 Å². The smallest absolute Gasteiger partial charge is 0.150 e. The Labute approximate surface area is 83.1 Å². The monoisotopic (exact) mass is 191 g/mol. The Morgan fingerprint density at radius 3 is 3.29 bits per heavy atom. The minimum atomic E-state index is 0.0436. The summed E-state index contributed by atoms with van der Waals surface area (Å²) in [6.07, 6.45) is 5.48. The maximum atomic E-state index is 8.63. The van der Waals surface area contributed by atoms with Crippen molar-refractivity contribution in [2.75, 3.05) is 6.61 Å². The zero-order valence-electron chi connectivity index (χ0n) is 8.02. The number of nitriles is 1. The molecule has 0 N–H and O–H groups in total. The molecule has 14 heavy (non-hydrogen) atoms. The summed E-state index contributed by atoms with van der Waals surface area (Å²) in [5.41, 5.74) is 0.944. The molecule has 2 heterocycles. The first-order valence-corrected chi connectivity index (χ1v) is 4.93. The molecule has 1 aromatic heterocycles. The predicted molar refractivity (Wildman–Crippen MR) is 50.4 cm³/mol. The van der Waals surface area contributed by atoms with Gasteiger partial charge in [0.05, 0.1) is 18.2 Å². The Balaban J connectivity index is 2.13. The van der Waals surface area contributed by atoms with Gasteiger partial charge in [0.25, 0.3) is 0 Å². The quantitative estimate of drug-likeness (QED) is 0.714. The van der Waals surface area contributed by atoms with Gasteiger partial charge in [-0.25, -0.2) is 4.68 Å². The van der Waals surface area contributed by atoms with Crippen molar-refractivity contribution in [3.8, 4) is 6.07 Å². The van der Waals surface area contributed by atoms with Crippen molar-refractivity contribution >= 4 is 0 Å². The second-order valence-corrected chi connectivity index (χ2v) is 3.42. The number of ether oxygens (including phenoxy) is 1. The highest BCUT2D eigenvalue weighted by Crippen LogP contribution is 2.22. The summed E-state index contributed by atoms with van der Waals surface area (Å²) in [5, 5.41) is 12.8. The fourth-order valence-corrected chi connectivity index (χ4v) is 1.74. The molecule has 0 saturated carbocycles. The molecule has 4 heteroatoms. The van der Waals surface area contributed by atoms with E-state index in [-0.39, 0.29) is 6.23 Å². The van der Waals surface area contributed by atoms with Gasteiger partial charge in [-0.3, -0.25) is 0 Å². The summed E-state index contributed by atoms with van der Waals surface area (Å²) in [6, 6.07) is 4.01. The SMILES string of the molecule is N#CCc1ccnn1C1CCCCO1. The summed E-state index contributed by atoms with van der Waals surface area (Å²) in [4.78, 5) is 0. The third-order valence-corrected chi connectivity index (χ3v) is 2.44. The van der Waals surface area contributed by atoms with Crippen molar-refractivity contribution < 1.29 is 4.74 Å². The van der Waals surface area contributed by atoms with Crippen LogP contribution in [-0.4, -0.2) is 16.4 Å². The van der Waals surface area contributed by atoms with Gasteiger partial charge < -0.3 is 4.74 Å². The van der Waals surface area contributed by atoms with Crippen LogP contribution in [0.4, 0.5) is 0 Å². The van der Waals surface area contributed by atoms with Crippen LogP contribution in [0.3, 0.4) is 0 Å². The molecular formula is C10H13N3O. The Kier molecular flexibility index (Phi) is 2.80. The Morgan fingerprint density at radius 1 is 1.64 bits per heavy atom. The molecular weight excluding hydrogens is 178 g/mol. The second kappa shape index (κ2) is 4.25. The van der Waals surface area contributed by atoms with Gasteiger partial charge in [-0.1, -0.05) is 0 Å². The van der Waals surface area contributed by atoms with Crippen molar-refractivity contribution in [3.05, 3.63) is 18.0 Å². The molecule has 0 bridgehead atoms. The molecule has 0 spiro atoms. The van der Waals surface area contributed by atoms with E-state index in [9.17, 15) is 0 Å². The minimum absolute atomic E-state index is 0.0436. The zero-order chi connectivity index (χ0) is 9.80. The fourth-order valence-electron chi connectivity index (χ4n) is 1.74. The highest BCUT2D eigenvalue weighted by Gasteiger charge is 2.18. The molecule has 1 fully saturated rings. The largest absolute Gasteiger partial charge is 0.357 e. The highest BCUT2D eigenvalue weighted by molar-refractivity contribution is 5.06. The van der Waals surface area contributed by atoms with Gasteiger partial charge in [0.2, 0.25) is 0 Å². The molecule has 1 unspecified atom stereocenters. The first-order valence-electron chi connectivity index (χ1n) is 4.93. The van der Waals surface area contributed by atoms with E-state index in [0.29, 0.717) is 6.42 Å². The van der Waals surface area contributed by atoms with Crippen molar-refractivity contribution in [2.24, 2.45) is 0 Å². The van der Waals surface area contributed by atoms with E-state index in [1.165, 1.54) is 6.42 Å². The lowest BCUT2D eigenvalue weighted by atomic mass is 10.2. The van der Waals surface area contributed by atoms with E-state index in [2.05, 4.69) is 11.2 Å². The molecule has 74 valence electrons. The molecule has 1 aromatic rings. The highest BCUT2D eigenvalue weighted by atomic mass is 16.5. The topological polar surface area (TPSA) is 50.8 Å². The molecule has 1 atom stereocenters. The third kappa shape index (κ3) is 1.78. The summed E-state index contributed by atoms with van der Waals surface area (Å²) in [6.45, 7) is 0.802. The van der Waals surface area contributed by atoms with Crippen LogP contribution in [0.15, 0.2) is 12.3 Å². The minimum Gasteiger partial charge on any atom is -0.357 e. The van der Waals surface area contributed by atoms with Gasteiger partial charge in [0.15, 0.2) is 0 Å². The van der Waals surface area contributed by atoms with Crippen LogP contribution in [0.5, 0.6) is 0 Å². The number of hydrogen-bond donors (Lipinski definition) is 0. The van der Waals surface area contributed by atoms with Crippen LogP contribution in [0.25, 0.3) is 0 Å². The maximum Gasteiger partial charge on any atom is 0.150 e. The Morgan fingerprint density at radius 2 is 2.57 bits per heavy atom. The van der Waals surface area contributed by atoms with Crippen molar-refractivity contribution in [1.82, 2.24) is 9.78 Å². The van der Waals surface area contributed by atoms with E-state index in [1.807, 2.05) is 10.7 Å². The third-order valence-electron chi connectivity index (χ3n) is 2.44. The standard InChI is InChI=1S/C10H13N3O/c11-6-4-9-5-7-12-13(9)10-3-1-2-8-14-10/h5,7,10H,1-4,8H2. The van der Waals surface area contributed by atoms with Crippen molar-refractivity contribution in [2.45, 2.75) is 31.9 Å². The molecule has 0 amide bonds. The van der Waals surface area contributed by atoms with E-state index in [4.69, 9.17) is 10.00 Å². The normalized spacial score (nSPS) is 21.8. The van der Waals surface area contributed by atoms with Crippen molar-refractivity contribution in [1.29, 1.82) is 5.26 Å². The van der Waals surface area contributed by atoms with Crippen LogP contribution in [0, 0.1) is 11.3 Å². The van der Waals surface area contributed by atoms with Gasteiger partial charge >= 0.3 is 0 Å². The average Bonchev–Trinajstić information content (AvgIpc) is 2.68. The molecule has 4 nitrogen and oxygen atoms in total. The van der Waals surface area contributed by atoms with Gasteiger partial charge in [-0.2, -0.15) is 10.4 Å². The molecule has 1 aliphatic heterocycles. The molecule has 0 aliphatic carbocycles. The first-order chi connectivity index (χ1) is 6.92. The number of aromatic nitrogens is 2. The van der Waals surface area contributed by atoms with E-state index >= 15 is 0 Å². The second-order valence-electron chi connectivity index (χ2n) is 3.42. The van der Waals surface area contributed by atoms with Gasteiger partial charge in [-0.05, 0) is 25.3 Å². The molecule has 0 aromatic carbocycles. The lowest BCUT2D eigenvalue weighted by Gasteiger charge is -2.24. The molecule has 1 aliphatic rings. The zero-order valence-corrected chi connectivity index (χ0v) is 8.02. The fraction of sp³-hybridized carbons (Fsp3) is 0.600. The average molecular weight is 191 g/mol. The van der Waals surface area contributed by atoms with Gasteiger partial charge in [0.1, 0.15) is 6.23 Å². The van der Waals surface area contributed by atoms with E-state index in [1.54, 1.807) is 6.20 Å². The van der Waals surface area contributed by atoms with Crippen LogP contribution >= 0.6 is 0 Å². The summed E-state index contributed by atoms with van der Waals surface area (Å²) in [7, 11) is 0. The Bertz CT molecular complexity index is 333. The molecule has 0 radical (unpaired) electrons. The van der Waals surface area contributed by atoms with E-state index in [0.717, 1.165) is 25.1 Å². The molecule has 1 saturated heterocycles. The first kappa shape index (κ1) is 9.22. The van der Waals surface area contributed by atoms with Crippen LogP contribution < -0.4 is 0 Å². The number of nitrogens with zero attached hydrogens (tertiary/aromatic N) is 3. The van der Waals surface area contributed by atoms with E-state index < -0.39 is 0 Å². The van der Waals surface area contributed by atoms with Crippen LogP contribution in [0.2, 0.25) is 0 Å². The van der Waals surface area contributed by atoms with Crippen LogP contribution in [0.1, 0.15) is 31.2 Å². The van der Waals surface area contributed by atoms with Crippen LogP contribution in [-0.2, 0) is 11.2 Å². The summed E-state index contributed by atoms with van der Waals surface area (Å²) >= 11 is 0. The summed E-state index contributed by atoms with van der Waals surface area (Å²) in [5.74, 6) is 0. The molecule has 2 rings (SSSR count). The lowest BCUT2D eigenvalue weighted by molar-refractivity contribution is -0.0408. The summed E-state index contributed by atoms with van der Waals surface area (Å²) < 4.78 is 7.44. The number of rotatable bonds is 2. The number of hydrogen-bond acceptors (Lipinski definition) is 3. The van der Waals surface area contributed by atoms with Gasteiger partial charge in [-0.15, -0.1) is 0 Å². The van der Waals surface area contributed by atoms with Crippen molar-refractivity contribution in [3.63, 3.8) is 0 Å². The lowest BCUT2D eigenvalue weighted by Crippen LogP contribution is -2.20. The Hall–Kier alpha value is -1.34. The maximum absolute atomic E-state index is 8.63.